The normalized spacial score (nSPS) is 12.1. The van der Waals surface area contributed by atoms with Crippen molar-refractivity contribution in [2.45, 2.75) is 23.5 Å². The van der Waals surface area contributed by atoms with Gasteiger partial charge in [0, 0.05) is 21.5 Å². The summed E-state index contributed by atoms with van der Waals surface area (Å²) in [6.45, 7) is 3.08. The second-order valence-electron chi connectivity index (χ2n) is 8.04. The Morgan fingerprint density at radius 3 is 1.83 bits per heavy atom. The molecule has 0 saturated heterocycles. The van der Waals surface area contributed by atoms with Crippen molar-refractivity contribution in [1.82, 2.24) is 4.90 Å². The maximum atomic E-state index is 12.4. The first kappa shape index (κ1) is 27.4. The van der Waals surface area contributed by atoms with Crippen molar-refractivity contribution in [3.05, 3.63) is 94.0 Å². The number of Topliss-reactive ketones (excluding diaryl/α,β-unsaturated/α-hetero) is 1. The van der Waals surface area contributed by atoms with Crippen LogP contribution >= 0.6 is 35.0 Å². The van der Waals surface area contributed by atoms with Crippen molar-refractivity contribution in [3.8, 4) is 5.75 Å². The Hall–Kier alpha value is -2.19. The maximum absolute atomic E-state index is 12.4. The molecule has 3 nitrogen and oxygen atoms in total. The first-order chi connectivity index (χ1) is 16.5. The number of halogens is 5. The van der Waals surface area contributed by atoms with Gasteiger partial charge < -0.3 is 4.74 Å². The zero-order chi connectivity index (χ0) is 25.6. The molecule has 0 aromatic heterocycles. The van der Waals surface area contributed by atoms with E-state index in [2.05, 4.69) is 11.8 Å². The lowest BCUT2D eigenvalue weighted by molar-refractivity contribution is -0.167. The van der Waals surface area contributed by atoms with E-state index >= 15 is 0 Å². The molecule has 0 aliphatic carbocycles. The zero-order valence-electron chi connectivity index (χ0n) is 19.1. The molecule has 0 unspecified atom stereocenters. The van der Waals surface area contributed by atoms with Gasteiger partial charge in [0.25, 0.3) is 0 Å². The average molecular weight is 542 g/mol. The van der Waals surface area contributed by atoms with Gasteiger partial charge in [-0.15, -0.1) is 11.8 Å². The second-order valence-corrected chi connectivity index (χ2v) is 9.96. The van der Waals surface area contributed by atoms with Crippen LogP contribution in [0.5, 0.6) is 5.75 Å². The molecule has 3 rings (SSSR count). The minimum atomic E-state index is -4.81. The largest absolute Gasteiger partial charge is 0.492 e. The van der Waals surface area contributed by atoms with Gasteiger partial charge in [-0.3, -0.25) is 9.69 Å². The van der Waals surface area contributed by atoms with E-state index in [0.29, 0.717) is 33.8 Å². The molecule has 9 heteroatoms. The van der Waals surface area contributed by atoms with Crippen molar-refractivity contribution < 1.29 is 22.7 Å². The molecule has 35 heavy (non-hydrogen) atoms. The van der Waals surface area contributed by atoms with Gasteiger partial charge in [-0.2, -0.15) is 13.2 Å². The van der Waals surface area contributed by atoms with Gasteiger partial charge in [0.15, 0.2) is 0 Å². The average Bonchev–Trinajstić information content (AvgIpc) is 2.83. The molecule has 3 aromatic carbocycles. The Labute approximate surface area is 217 Å². The van der Waals surface area contributed by atoms with Crippen molar-refractivity contribution in [2.75, 3.05) is 26.0 Å². The molecule has 0 aliphatic rings. The molecular formula is C26H24Cl2F3NO2S. The fraction of sp³-hybridized carbons (Fsp3) is 0.269. The summed E-state index contributed by atoms with van der Waals surface area (Å²) < 4.78 is 43.0. The SMILES string of the molecule is CN(CCOc1ccc(SCC(=O)C(F)(F)F)cc1)C(C)(c1ccc(Cl)cc1)c1ccc(Cl)cc1. The Balaban J connectivity index is 1.65. The number of carbonyl (C=O) groups is 1. The summed E-state index contributed by atoms with van der Waals surface area (Å²) in [7, 11) is 2.00. The summed E-state index contributed by atoms with van der Waals surface area (Å²) >= 11 is 13.1. The topological polar surface area (TPSA) is 29.5 Å². The standard InChI is InChI=1S/C26H24Cl2F3NO2S/c1-25(18-3-7-20(27)8-4-18,19-5-9-21(28)10-6-19)32(2)15-16-34-22-11-13-23(14-12-22)35-17-24(33)26(29,30)31/h3-14H,15-17H2,1-2H3. The third-order valence-corrected chi connectivity index (χ3v) is 7.30. The van der Waals surface area contributed by atoms with Crippen LogP contribution in [-0.4, -0.2) is 42.8 Å². The van der Waals surface area contributed by atoms with E-state index in [9.17, 15) is 18.0 Å². The van der Waals surface area contributed by atoms with Crippen molar-refractivity contribution in [1.29, 1.82) is 0 Å². The third kappa shape index (κ3) is 7.17. The van der Waals surface area contributed by atoms with Gasteiger partial charge in [0.1, 0.15) is 12.4 Å². The fourth-order valence-electron chi connectivity index (χ4n) is 3.54. The van der Waals surface area contributed by atoms with Crippen LogP contribution in [0.25, 0.3) is 0 Å². The highest BCUT2D eigenvalue weighted by molar-refractivity contribution is 8.00. The summed E-state index contributed by atoms with van der Waals surface area (Å²) in [5.74, 6) is -1.82. The molecule has 0 saturated carbocycles. The van der Waals surface area contributed by atoms with Crippen LogP contribution in [0.4, 0.5) is 13.2 Å². The minimum absolute atomic E-state index is 0.381. The lowest BCUT2D eigenvalue weighted by Gasteiger charge is -2.40. The predicted octanol–water partition coefficient (Wildman–Crippen LogP) is 7.49. The summed E-state index contributed by atoms with van der Waals surface area (Å²) in [5.41, 5.74) is 1.63. The van der Waals surface area contributed by atoms with Crippen LogP contribution in [0.2, 0.25) is 10.0 Å². The van der Waals surface area contributed by atoms with Crippen molar-refractivity contribution in [3.63, 3.8) is 0 Å². The summed E-state index contributed by atoms with van der Waals surface area (Å²) in [4.78, 5) is 13.8. The number of thioether (sulfide) groups is 1. The van der Waals surface area contributed by atoms with Gasteiger partial charge in [0.05, 0.1) is 11.3 Å². The van der Waals surface area contributed by atoms with Crippen LogP contribution in [-0.2, 0) is 10.3 Å². The number of nitrogens with zero attached hydrogens (tertiary/aromatic N) is 1. The van der Waals surface area contributed by atoms with E-state index in [4.69, 9.17) is 27.9 Å². The second kappa shape index (κ2) is 11.7. The number of benzene rings is 3. The van der Waals surface area contributed by atoms with Gasteiger partial charge >= 0.3 is 6.18 Å². The summed E-state index contributed by atoms with van der Waals surface area (Å²) in [5, 5.41) is 1.31. The zero-order valence-corrected chi connectivity index (χ0v) is 21.4. The molecule has 0 radical (unpaired) electrons. The molecule has 0 heterocycles. The number of hydrogen-bond donors (Lipinski definition) is 0. The highest BCUT2D eigenvalue weighted by Crippen LogP contribution is 2.36. The van der Waals surface area contributed by atoms with E-state index in [0.717, 1.165) is 22.9 Å². The summed E-state index contributed by atoms with van der Waals surface area (Å²) in [6, 6.07) is 22.0. The Morgan fingerprint density at radius 1 is 0.886 bits per heavy atom. The first-order valence-corrected chi connectivity index (χ1v) is 12.4. The minimum Gasteiger partial charge on any atom is -0.492 e. The number of ether oxygens (including phenoxy) is 1. The van der Waals surface area contributed by atoms with Gasteiger partial charge in [-0.05, 0) is 73.6 Å². The fourth-order valence-corrected chi connectivity index (χ4v) is 4.59. The number of likely N-dealkylation sites (N-methyl/N-ethyl adjacent to an activating group) is 1. The number of alkyl halides is 3. The maximum Gasteiger partial charge on any atom is 0.450 e. The Morgan fingerprint density at radius 2 is 1.37 bits per heavy atom. The van der Waals surface area contributed by atoms with E-state index in [1.165, 1.54) is 0 Å². The van der Waals surface area contributed by atoms with E-state index in [1.807, 2.05) is 55.6 Å². The van der Waals surface area contributed by atoms with Crippen LogP contribution in [0.1, 0.15) is 18.1 Å². The molecule has 3 aromatic rings. The van der Waals surface area contributed by atoms with Crippen molar-refractivity contribution in [2.24, 2.45) is 0 Å². The monoisotopic (exact) mass is 541 g/mol. The number of ketones is 1. The van der Waals surface area contributed by atoms with Crippen LogP contribution in [0.15, 0.2) is 77.7 Å². The van der Waals surface area contributed by atoms with Crippen molar-refractivity contribution >= 4 is 40.7 Å². The molecule has 0 spiro atoms. The highest BCUT2D eigenvalue weighted by Gasteiger charge is 2.37. The molecule has 0 amide bonds. The Bertz CT molecular complexity index is 1080. The van der Waals surface area contributed by atoms with Crippen LogP contribution in [0.3, 0.4) is 0 Å². The van der Waals surface area contributed by atoms with Crippen LogP contribution in [0, 0.1) is 0 Å². The number of carbonyl (C=O) groups excluding carboxylic acids is 1. The highest BCUT2D eigenvalue weighted by atomic mass is 35.5. The molecule has 0 fully saturated rings. The predicted molar refractivity (Wildman–Crippen MR) is 136 cm³/mol. The van der Waals surface area contributed by atoms with Gasteiger partial charge in [0.2, 0.25) is 5.78 Å². The van der Waals surface area contributed by atoms with E-state index < -0.39 is 23.3 Å². The quantitative estimate of drug-likeness (QED) is 0.248. The molecule has 0 aliphatic heterocycles. The first-order valence-electron chi connectivity index (χ1n) is 10.7. The smallest absolute Gasteiger partial charge is 0.450 e. The number of rotatable bonds is 10. The molecule has 0 bridgehead atoms. The Kier molecular flexibility index (Phi) is 9.16. The van der Waals surface area contributed by atoms with Gasteiger partial charge in [-0.1, -0.05) is 47.5 Å². The van der Waals surface area contributed by atoms with Crippen LogP contribution < -0.4 is 4.74 Å². The van der Waals surface area contributed by atoms with E-state index in [1.54, 1.807) is 24.3 Å². The van der Waals surface area contributed by atoms with Gasteiger partial charge in [-0.25, -0.2) is 0 Å². The molecule has 186 valence electrons. The molecule has 0 atom stereocenters. The number of hydrogen-bond acceptors (Lipinski definition) is 4. The lowest BCUT2D eigenvalue weighted by atomic mass is 9.83. The molecular weight excluding hydrogens is 518 g/mol. The lowest BCUT2D eigenvalue weighted by Crippen LogP contribution is -2.44. The summed E-state index contributed by atoms with van der Waals surface area (Å²) in [6.07, 6.45) is -4.81. The third-order valence-electron chi connectivity index (χ3n) is 5.78. The molecule has 0 N–H and O–H groups in total. The van der Waals surface area contributed by atoms with E-state index in [-0.39, 0.29) is 0 Å².